The van der Waals surface area contributed by atoms with Crippen molar-refractivity contribution in [1.29, 1.82) is 0 Å². The van der Waals surface area contributed by atoms with E-state index >= 15 is 0 Å². The summed E-state index contributed by atoms with van der Waals surface area (Å²) in [7, 11) is 0. The molecule has 1 unspecified atom stereocenters. The zero-order chi connectivity index (χ0) is 16.9. The molecule has 1 aliphatic carbocycles. The zero-order valence-electron chi connectivity index (χ0n) is 14.6. The summed E-state index contributed by atoms with van der Waals surface area (Å²) in [4.78, 5) is 14.8. The Balaban J connectivity index is 1.49. The summed E-state index contributed by atoms with van der Waals surface area (Å²) in [6.45, 7) is 4.42. The maximum absolute atomic E-state index is 12.7. The number of amides is 1. The van der Waals surface area contributed by atoms with Crippen LogP contribution in [0.4, 0.5) is 0 Å². The van der Waals surface area contributed by atoms with Crippen molar-refractivity contribution in [3.63, 3.8) is 0 Å². The van der Waals surface area contributed by atoms with Gasteiger partial charge in [0.25, 0.3) is 0 Å². The van der Waals surface area contributed by atoms with E-state index in [2.05, 4.69) is 19.1 Å². The van der Waals surface area contributed by atoms with Crippen molar-refractivity contribution in [2.75, 3.05) is 19.7 Å². The highest BCUT2D eigenvalue weighted by Crippen LogP contribution is 2.28. The van der Waals surface area contributed by atoms with E-state index in [1.165, 1.54) is 5.56 Å². The molecule has 1 amide bonds. The first-order chi connectivity index (χ1) is 11.6. The van der Waals surface area contributed by atoms with Gasteiger partial charge in [-0.3, -0.25) is 4.79 Å². The van der Waals surface area contributed by atoms with E-state index in [0.29, 0.717) is 18.4 Å². The first kappa shape index (κ1) is 17.3. The van der Waals surface area contributed by atoms with Crippen LogP contribution < -0.4 is 4.74 Å². The second kappa shape index (κ2) is 8.02. The van der Waals surface area contributed by atoms with Crippen LogP contribution in [-0.2, 0) is 4.79 Å². The summed E-state index contributed by atoms with van der Waals surface area (Å²) in [5.74, 6) is 1.74. The molecule has 0 aromatic heterocycles. The van der Waals surface area contributed by atoms with Gasteiger partial charge in [0.1, 0.15) is 5.75 Å². The lowest BCUT2D eigenvalue weighted by Crippen LogP contribution is -2.45. The molecule has 1 saturated heterocycles. The Morgan fingerprint density at radius 3 is 2.79 bits per heavy atom. The van der Waals surface area contributed by atoms with Crippen LogP contribution in [0.1, 0.15) is 44.1 Å². The van der Waals surface area contributed by atoms with Gasteiger partial charge >= 0.3 is 0 Å². The Morgan fingerprint density at radius 2 is 2.04 bits per heavy atom. The number of likely N-dealkylation sites (tertiary alicyclic amines) is 1. The number of benzene rings is 1. The molecule has 1 aromatic rings. The van der Waals surface area contributed by atoms with Crippen LogP contribution in [0, 0.1) is 18.8 Å². The molecule has 1 aliphatic heterocycles. The Hall–Kier alpha value is -1.55. The van der Waals surface area contributed by atoms with Gasteiger partial charge in [-0.05, 0) is 63.1 Å². The van der Waals surface area contributed by atoms with E-state index < -0.39 is 0 Å². The zero-order valence-corrected chi connectivity index (χ0v) is 14.6. The van der Waals surface area contributed by atoms with Gasteiger partial charge in [-0.15, -0.1) is 0 Å². The standard InChI is InChI=1S/C20H29NO3/c1-15-4-2-6-19(12-15)24-14-16-5-3-11-21(13-16)20(23)17-7-9-18(22)10-8-17/h2,4,6,12,16-18,22H,3,5,7-11,13-14H2,1H3. The third-order valence-electron chi connectivity index (χ3n) is 5.35. The molecule has 0 radical (unpaired) electrons. The smallest absolute Gasteiger partial charge is 0.225 e. The van der Waals surface area contributed by atoms with E-state index in [9.17, 15) is 9.90 Å². The molecular weight excluding hydrogens is 302 g/mol. The van der Waals surface area contributed by atoms with Crippen LogP contribution >= 0.6 is 0 Å². The monoisotopic (exact) mass is 331 g/mol. The third-order valence-corrected chi connectivity index (χ3v) is 5.35. The van der Waals surface area contributed by atoms with Crippen molar-refractivity contribution < 1.29 is 14.6 Å². The molecular formula is C20H29NO3. The quantitative estimate of drug-likeness (QED) is 0.922. The SMILES string of the molecule is Cc1cccc(OCC2CCCN(C(=O)C3CCC(O)CC3)C2)c1. The minimum Gasteiger partial charge on any atom is -0.493 e. The molecule has 2 aliphatic rings. The van der Waals surface area contributed by atoms with Crippen LogP contribution in [0.3, 0.4) is 0 Å². The Labute approximate surface area is 144 Å². The molecule has 24 heavy (non-hydrogen) atoms. The fraction of sp³-hybridized carbons (Fsp3) is 0.650. The number of aliphatic hydroxyl groups is 1. The van der Waals surface area contributed by atoms with Crippen molar-refractivity contribution in [2.45, 2.75) is 51.6 Å². The molecule has 0 spiro atoms. The molecule has 2 fully saturated rings. The van der Waals surface area contributed by atoms with E-state index in [1.54, 1.807) is 0 Å². The van der Waals surface area contributed by atoms with Gasteiger partial charge < -0.3 is 14.7 Å². The minimum absolute atomic E-state index is 0.116. The largest absolute Gasteiger partial charge is 0.493 e. The van der Waals surface area contributed by atoms with E-state index in [4.69, 9.17) is 4.74 Å². The normalized spacial score (nSPS) is 27.8. The maximum atomic E-state index is 12.7. The van der Waals surface area contributed by atoms with Crippen molar-refractivity contribution in [3.05, 3.63) is 29.8 Å². The molecule has 1 saturated carbocycles. The van der Waals surface area contributed by atoms with Crippen LogP contribution in [0.15, 0.2) is 24.3 Å². The van der Waals surface area contributed by atoms with E-state index in [-0.39, 0.29) is 12.0 Å². The average molecular weight is 331 g/mol. The number of aryl methyl sites for hydroxylation is 1. The van der Waals surface area contributed by atoms with Gasteiger partial charge in [0.15, 0.2) is 0 Å². The highest BCUT2D eigenvalue weighted by atomic mass is 16.5. The summed E-state index contributed by atoms with van der Waals surface area (Å²) < 4.78 is 5.94. The van der Waals surface area contributed by atoms with Crippen LogP contribution in [0.5, 0.6) is 5.75 Å². The van der Waals surface area contributed by atoms with Crippen LogP contribution in [0.2, 0.25) is 0 Å². The number of rotatable bonds is 4. The predicted octanol–water partition coefficient (Wildman–Crippen LogP) is 3.16. The van der Waals surface area contributed by atoms with Gasteiger partial charge in [-0.25, -0.2) is 0 Å². The fourth-order valence-electron chi connectivity index (χ4n) is 3.90. The van der Waals surface area contributed by atoms with Gasteiger partial charge in [-0.1, -0.05) is 12.1 Å². The number of nitrogens with zero attached hydrogens (tertiary/aromatic N) is 1. The number of hydrogen-bond acceptors (Lipinski definition) is 3. The van der Waals surface area contributed by atoms with Crippen molar-refractivity contribution >= 4 is 5.91 Å². The first-order valence-corrected chi connectivity index (χ1v) is 9.28. The van der Waals surface area contributed by atoms with Crippen molar-refractivity contribution in [3.8, 4) is 5.75 Å². The third kappa shape index (κ3) is 4.50. The van der Waals surface area contributed by atoms with Gasteiger partial charge in [0, 0.05) is 24.9 Å². The van der Waals surface area contributed by atoms with E-state index in [1.807, 2.05) is 17.0 Å². The number of aliphatic hydroxyl groups excluding tert-OH is 1. The van der Waals surface area contributed by atoms with Gasteiger partial charge in [-0.2, -0.15) is 0 Å². The molecule has 4 nitrogen and oxygen atoms in total. The topological polar surface area (TPSA) is 49.8 Å². The Kier molecular flexibility index (Phi) is 5.77. The predicted molar refractivity (Wildman–Crippen MR) is 93.9 cm³/mol. The first-order valence-electron chi connectivity index (χ1n) is 9.28. The minimum atomic E-state index is -0.203. The number of hydrogen-bond donors (Lipinski definition) is 1. The number of ether oxygens (including phenoxy) is 1. The van der Waals surface area contributed by atoms with Gasteiger partial charge in [0.2, 0.25) is 5.91 Å². The molecule has 1 aromatic carbocycles. The highest BCUT2D eigenvalue weighted by Gasteiger charge is 2.31. The number of carbonyl (C=O) groups excluding carboxylic acids is 1. The fourth-order valence-corrected chi connectivity index (χ4v) is 3.90. The number of piperidine rings is 1. The lowest BCUT2D eigenvalue weighted by atomic mass is 9.85. The number of carbonyl (C=O) groups is 1. The lowest BCUT2D eigenvalue weighted by Gasteiger charge is -2.36. The summed E-state index contributed by atoms with van der Waals surface area (Å²) in [5.41, 5.74) is 1.20. The van der Waals surface area contributed by atoms with Gasteiger partial charge in [0.05, 0.1) is 12.7 Å². The highest BCUT2D eigenvalue weighted by molar-refractivity contribution is 5.79. The molecule has 4 heteroatoms. The summed E-state index contributed by atoms with van der Waals surface area (Å²) in [6, 6.07) is 8.12. The molecule has 0 bridgehead atoms. The molecule has 1 N–H and O–H groups in total. The second-order valence-electron chi connectivity index (χ2n) is 7.43. The molecule has 1 heterocycles. The molecule has 3 rings (SSSR count). The van der Waals surface area contributed by atoms with Crippen LogP contribution in [0.25, 0.3) is 0 Å². The average Bonchev–Trinajstić information content (AvgIpc) is 2.60. The van der Waals surface area contributed by atoms with Crippen molar-refractivity contribution in [2.24, 2.45) is 11.8 Å². The molecule has 132 valence electrons. The summed E-state index contributed by atoms with van der Waals surface area (Å²) >= 11 is 0. The van der Waals surface area contributed by atoms with Crippen LogP contribution in [-0.4, -0.2) is 41.7 Å². The maximum Gasteiger partial charge on any atom is 0.225 e. The Bertz CT molecular complexity index is 552. The van der Waals surface area contributed by atoms with E-state index in [0.717, 1.165) is 57.4 Å². The summed E-state index contributed by atoms with van der Waals surface area (Å²) in [6.07, 6.45) is 5.18. The molecule has 1 atom stereocenters. The second-order valence-corrected chi connectivity index (χ2v) is 7.43. The van der Waals surface area contributed by atoms with Crippen molar-refractivity contribution in [1.82, 2.24) is 4.90 Å². The Morgan fingerprint density at radius 1 is 1.25 bits per heavy atom. The lowest BCUT2D eigenvalue weighted by molar-refractivity contribution is -0.139. The summed E-state index contributed by atoms with van der Waals surface area (Å²) in [5, 5.41) is 9.62.